The predicted octanol–water partition coefficient (Wildman–Crippen LogP) is 4.17. The molecule has 2 heterocycles. The first-order chi connectivity index (χ1) is 15.4. The van der Waals surface area contributed by atoms with E-state index in [-0.39, 0.29) is 4.90 Å². The normalized spacial score (nSPS) is 11.6. The summed E-state index contributed by atoms with van der Waals surface area (Å²) in [6, 6.07) is 14.5. The van der Waals surface area contributed by atoms with Crippen molar-refractivity contribution < 1.29 is 13.2 Å². The number of methoxy groups -OCH3 is 1. The molecule has 32 heavy (non-hydrogen) atoms. The number of benzene rings is 2. The highest BCUT2D eigenvalue weighted by molar-refractivity contribution is 7.89. The fourth-order valence-electron chi connectivity index (χ4n) is 3.35. The Morgan fingerprint density at radius 3 is 2.72 bits per heavy atom. The second-order valence-corrected chi connectivity index (χ2v) is 9.07. The maximum atomic E-state index is 12.9. The maximum Gasteiger partial charge on any atom is 0.242 e. The molecule has 0 bridgehead atoms. The van der Waals surface area contributed by atoms with Crippen LogP contribution in [0.4, 0.5) is 11.6 Å². The molecule has 0 radical (unpaired) electrons. The van der Waals surface area contributed by atoms with E-state index in [9.17, 15) is 8.42 Å². The summed E-state index contributed by atoms with van der Waals surface area (Å²) in [5.74, 6) is 1.12. The van der Waals surface area contributed by atoms with Gasteiger partial charge < -0.3 is 10.1 Å². The Labute approximate surface area is 187 Å². The van der Waals surface area contributed by atoms with E-state index in [0.29, 0.717) is 30.2 Å². The van der Waals surface area contributed by atoms with Gasteiger partial charge in [-0.1, -0.05) is 25.1 Å². The third-order valence-corrected chi connectivity index (χ3v) is 6.58. The lowest BCUT2D eigenvalue weighted by atomic mass is 10.2. The summed E-state index contributed by atoms with van der Waals surface area (Å²) in [4.78, 5) is 9.28. The van der Waals surface area contributed by atoms with Crippen LogP contribution in [0.5, 0.6) is 5.75 Å². The molecule has 0 aliphatic heterocycles. The van der Waals surface area contributed by atoms with E-state index in [2.05, 4.69) is 20.0 Å². The minimum Gasteiger partial charge on any atom is -0.497 e. The van der Waals surface area contributed by atoms with E-state index >= 15 is 0 Å². The molecule has 0 spiro atoms. The highest BCUT2D eigenvalue weighted by Gasteiger charge is 2.20. The quantitative estimate of drug-likeness (QED) is 0.417. The van der Waals surface area contributed by atoms with Gasteiger partial charge in [-0.3, -0.25) is 4.57 Å². The monoisotopic (exact) mass is 451 g/mol. The van der Waals surface area contributed by atoms with Crippen LogP contribution in [0.2, 0.25) is 0 Å². The van der Waals surface area contributed by atoms with Gasteiger partial charge in [0.05, 0.1) is 12.8 Å². The Hall–Kier alpha value is -3.43. The van der Waals surface area contributed by atoms with Crippen molar-refractivity contribution in [3.8, 4) is 11.4 Å². The summed E-state index contributed by atoms with van der Waals surface area (Å²) in [5.41, 5.74) is 2.96. The third-order valence-electron chi connectivity index (χ3n) is 5.07. The Morgan fingerprint density at radius 2 is 1.94 bits per heavy atom. The van der Waals surface area contributed by atoms with Gasteiger partial charge in [0, 0.05) is 36.1 Å². The second-order valence-electron chi connectivity index (χ2n) is 7.33. The standard InChI is InChI=1S/C23H25N5O3S/c1-4-12-25-32(29,30)21-8-6-5-7-20(21)28-13-11-17-15-24-23(27-22(17)28)26-19-14-18(31-3)10-9-16(19)2/h5-11,13-15,25H,4,12H2,1-3H3,(H,24,26,27). The fraction of sp³-hybridized carbons (Fsp3) is 0.217. The summed E-state index contributed by atoms with van der Waals surface area (Å²) >= 11 is 0. The van der Waals surface area contributed by atoms with Crippen molar-refractivity contribution in [1.82, 2.24) is 19.3 Å². The molecule has 0 aliphatic carbocycles. The number of hydrogen-bond acceptors (Lipinski definition) is 6. The highest BCUT2D eigenvalue weighted by atomic mass is 32.2. The van der Waals surface area contributed by atoms with Crippen molar-refractivity contribution in [2.45, 2.75) is 25.2 Å². The van der Waals surface area contributed by atoms with E-state index in [4.69, 9.17) is 4.74 Å². The number of hydrogen-bond donors (Lipinski definition) is 2. The lowest BCUT2D eigenvalue weighted by Crippen LogP contribution is -2.25. The van der Waals surface area contributed by atoms with Crippen molar-refractivity contribution in [3.05, 3.63) is 66.5 Å². The molecule has 166 valence electrons. The van der Waals surface area contributed by atoms with Gasteiger partial charge in [0.1, 0.15) is 16.3 Å². The molecular formula is C23H25N5O3S. The Balaban J connectivity index is 1.77. The van der Waals surface area contributed by atoms with Crippen LogP contribution in [0.15, 0.2) is 65.8 Å². The number of ether oxygens (including phenoxy) is 1. The molecule has 9 heteroatoms. The second kappa shape index (κ2) is 8.97. The molecule has 2 N–H and O–H groups in total. The first-order valence-corrected chi connectivity index (χ1v) is 11.8. The first-order valence-electron chi connectivity index (χ1n) is 10.3. The lowest BCUT2D eigenvalue weighted by Gasteiger charge is -2.13. The number of sulfonamides is 1. The highest BCUT2D eigenvalue weighted by Crippen LogP contribution is 2.27. The van der Waals surface area contributed by atoms with E-state index in [1.807, 2.05) is 38.1 Å². The van der Waals surface area contributed by atoms with Gasteiger partial charge in [0.25, 0.3) is 0 Å². The van der Waals surface area contributed by atoms with Crippen molar-refractivity contribution >= 4 is 32.7 Å². The summed E-state index contributed by atoms with van der Waals surface area (Å²) in [7, 11) is -2.05. The van der Waals surface area contributed by atoms with Crippen LogP contribution in [0.25, 0.3) is 16.7 Å². The molecule has 4 aromatic rings. The fourth-order valence-corrected chi connectivity index (χ4v) is 4.68. The predicted molar refractivity (Wildman–Crippen MR) is 125 cm³/mol. The SMILES string of the molecule is CCCNS(=O)(=O)c1ccccc1-n1ccc2cnc(Nc3cc(OC)ccc3C)nc21. The summed E-state index contributed by atoms with van der Waals surface area (Å²) < 4.78 is 35.4. The van der Waals surface area contributed by atoms with Crippen molar-refractivity contribution in [1.29, 1.82) is 0 Å². The molecule has 0 aliphatic rings. The number of fused-ring (bicyclic) bond motifs is 1. The molecule has 0 amide bonds. The topological polar surface area (TPSA) is 98.1 Å². The van der Waals surface area contributed by atoms with Gasteiger partial charge in [-0.2, -0.15) is 4.98 Å². The van der Waals surface area contributed by atoms with Crippen LogP contribution >= 0.6 is 0 Å². The number of nitrogens with one attached hydrogen (secondary N) is 2. The van der Waals surface area contributed by atoms with E-state index < -0.39 is 10.0 Å². The number of aromatic nitrogens is 3. The average Bonchev–Trinajstić information content (AvgIpc) is 3.22. The van der Waals surface area contributed by atoms with Gasteiger partial charge in [-0.15, -0.1) is 0 Å². The minimum absolute atomic E-state index is 0.197. The number of para-hydroxylation sites is 1. The van der Waals surface area contributed by atoms with Crippen LogP contribution in [-0.4, -0.2) is 36.6 Å². The molecule has 0 atom stereocenters. The van der Waals surface area contributed by atoms with Crippen LogP contribution in [0.3, 0.4) is 0 Å². The molecule has 0 saturated carbocycles. The van der Waals surface area contributed by atoms with Gasteiger partial charge in [-0.25, -0.2) is 18.1 Å². The lowest BCUT2D eigenvalue weighted by molar-refractivity contribution is 0.415. The molecule has 0 saturated heterocycles. The van der Waals surface area contributed by atoms with Gasteiger partial charge >= 0.3 is 0 Å². The zero-order valence-corrected chi connectivity index (χ0v) is 19.0. The minimum atomic E-state index is -3.66. The maximum absolute atomic E-state index is 12.9. The molecule has 2 aromatic heterocycles. The molecule has 0 unspecified atom stereocenters. The summed E-state index contributed by atoms with van der Waals surface area (Å²) in [6.45, 7) is 4.27. The largest absolute Gasteiger partial charge is 0.497 e. The number of anilines is 2. The Bertz CT molecular complexity index is 1370. The molecular weight excluding hydrogens is 426 g/mol. The summed E-state index contributed by atoms with van der Waals surface area (Å²) in [6.07, 6.45) is 4.22. The van der Waals surface area contributed by atoms with Crippen molar-refractivity contribution in [2.75, 3.05) is 19.0 Å². The summed E-state index contributed by atoms with van der Waals surface area (Å²) in [5, 5.41) is 4.03. The number of rotatable bonds is 8. The molecule has 4 rings (SSSR count). The molecule has 0 fully saturated rings. The van der Waals surface area contributed by atoms with Crippen LogP contribution in [0, 0.1) is 6.92 Å². The zero-order chi connectivity index (χ0) is 22.7. The average molecular weight is 452 g/mol. The number of nitrogens with zero attached hydrogens (tertiary/aromatic N) is 3. The van der Waals surface area contributed by atoms with Crippen molar-refractivity contribution in [3.63, 3.8) is 0 Å². The van der Waals surface area contributed by atoms with E-state index in [0.717, 1.165) is 22.4 Å². The number of aryl methyl sites for hydroxylation is 1. The smallest absolute Gasteiger partial charge is 0.242 e. The van der Waals surface area contributed by atoms with Crippen molar-refractivity contribution in [2.24, 2.45) is 0 Å². The van der Waals surface area contributed by atoms with Gasteiger partial charge in [0.15, 0.2) is 0 Å². The zero-order valence-electron chi connectivity index (χ0n) is 18.2. The van der Waals surface area contributed by atoms with Gasteiger partial charge in [-0.05, 0) is 43.2 Å². The Morgan fingerprint density at radius 1 is 1.12 bits per heavy atom. The van der Waals surface area contributed by atoms with Crippen LogP contribution in [-0.2, 0) is 10.0 Å². The van der Waals surface area contributed by atoms with E-state index in [1.165, 1.54) is 0 Å². The van der Waals surface area contributed by atoms with Crippen LogP contribution in [0.1, 0.15) is 18.9 Å². The molecule has 2 aromatic carbocycles. The Kier molecular flexibility index (Phi) is 6.11. The molecule has 8 nitrogen and oxygen atoms in total. The van der Waals surface area contributed by atoms with E-state index in [1.54, 1.807) is 48.3 Å². The van der Waals surface area contributed by atoms with Gasteiger partial charge in [0.2, 0.25) is 16.0 Å². The van der Waals surface area contributed by atoms with Crippen LogP contribution < -0.4 is 14.8 Å². The third kappa shape index (κ3) is 4.30. The first kappa shape index (κ1) is 21.8.